The maximum Gasteiger partial charge on any atom is 0.335 e. The fourth-order valence-corrected chi connectivity index (χ4v) is 4.00. The predicted molar refractivity (Wildman–Crippen MR) is 118 cm³/mol. The molecule has 4 rings (SSSR count). The maximum absolute atomic E-state index is 11.1. The average Bonchev–Trinajstić information content (AvgIpc) is 2.75. The number of rotatable bonds is 6. The van der Waals surface area contributed by atoms with Crippen LogP contribution in [0, 0.1) is 0 Å². The van der Waals surface area contributed by atoms with Crippen molar-refractivity contribution in [3.8, 4) is 22.6 Å². The molecule has 1 N–H and O–H groups in total. The van der Waals surface area contributed by atoms with Crippen LogP contribution in [0.25, 0.3) is 11.1 Å². The number of ether oxygens (including phenoxy) is 2. The minimum atomic E-state index is -0.910. The number of carbonyl (C=O) groups is 1. The maximum atomic E-state index is 11.1. The van der Waals surface area contributed by atoms with Crippen molar-refractivity contribution < 1.29 is 19.4 Å². The van der Waals surface area contributed by atoms with Crippen LogP contribution >= 0.6 is 0 Å². The lowest BCUT2D eigenvalue weighted by atomic mass is 9.86. The molecule has 3 aromatic carbocycles. The fraction of sp³-hybridized carbons (Fsp3) is 0.269. The van der Waals surface area contributed by atoms with E-state index in [2.05, 4.69) is 25.1 Å². The van der Waals surface area contributed by atoms with E-state index in [1.54, 1.807) is 12.1 Å². The molecule has 3 aromatic rings. The number of hydrogen-bond donors (Lipinski definition) is 1. The van der Waals surface area contributed by atoms with Gasteiger partial charge in [0.1, 0.15) is 17.1 Å². The zero-order valence-corrected chi connectivity index (χ0v) is 17.4. The lowest BCUT2D eigenvalue weighted by molar-refractivity contribution is 0.0653. The highest BCUT2D eigenvalue weighted by Gasteiger charge is 2.32. The highest BCUT2D eigenvalue weighted by Crippen LogP contribution is 2.37. The summed E-state index contributed by atoms with van der Waals surface area (Å²) < 4.78 is 12.0. The first kappa shape index (κ1) is 20.0. The molecule has 0 saturated heterocycles. The first-order valence-corrected chi connectivity index (χ1v) is 10.3. The summed E-state index contributed by atoms with van der Waals surface area (Å²) in [5.74, 6) is 0.915. The van der Waals surface area contributed by atoms with Crippen molar-refractivity contribution in [2.45, 2.75) is 38.7 Å². The Kier molecular flexibility index (Phi) is 5.49. The molecule has 1 aliphatic rings. The van der Waals surface area contributed by atoms with Gasteiger partial charge in [0.15, 0.2) is 0 Å². The van der Waals surface area contributed by atoms with Crippen LogP contribution in [0.5, 0.6) is 11.5 Å². The van der Waals surface area contributed by atoms with Gasteiger partial charge in [-0.2, -0.15) is 0 Å². The van der Waals surface area contributed by atoms with E-state index in [9.17, 15) is 4.79 Å². The lowest BCUT2D eigenvalue weighted by Crippen LogP contribution is -2.38. The number of carboxylic acid groups (broad SMARTS) is 1. The van der Waals surface area contributed by atoms with E-state index in [1.807, 2.05) is 43.3 Å². The Morgan fingerprint density at radius 3 is 2.40 bits per heavy atom. The summed E-state index contributed by atoms with van der Waals surface area (Å²) in [7, 11) is 0. The van der Waals surface area contributed by atoms with E-state index < -0.39 is 5.97 Å². The summed E-state index contributed by atoms with van der Waals surface area (Å²) in [5, 5.41) is 9.07. The monoisotopic (exact) mass is 402 g/mol. The van der Waals surface area contributed by atoms with Crippen molar-refractivity contribution in [1.82, 2.24) is 0 Å². The third-order valence-electron chi connectivity index (χ3n) is 5.62. The van der Waals surface area contributed by atoms with Gasteiger partial charge in [-0.15, -0.1) is 0 Å². The van der Waals surface area contributed by atoms with Gasteiger partial charge in [0.2, 0.25) is 0 Å². The van der Waals surface area contributed by atoms with E-state index in [4.69, 9.17) is 14.6 Å². The van der Waals surface area contributed by atoms with Crippen LogP contribution in [0.1, 0.15) is 41.8 Å². The molecule has 0 saturated carbocycles. The highest BCUT2D eigenvalue weighted by atomic mass is 16.5. The number of hydrogen-bond acceptors (Lipinski definition) is 3. The third-order valence-corrected chi connectivity index (χ3v) is 5.62. The topological polar surface area (TPSA) is 55.8 Å². The molecule has 1 aliphatic heterocycles. The molecule has 4 heteroatoms. The minimum Gasteiger partial charge on any atom is -0.494 e. The Hall–Kier alpha value is -3.27. The fourth-order valence-electron chi connectivity index (χ4n) is 4.00. The smallest absolute Gasteiger partial charge is 0.335 e. The minimum absolute atomic E-state index is 0.245. The van der Waals surface area contributed by atoms with Gasteiger partial charge < -0.3 is 14.6 Å². The van der Waals surface area contributed by atoms with Crippen LogP contribution in [0.4, 0.5) is 0 Å². The van der Waals surface area contributed by atoms with Crippen LogP contribution < -0.4 is 9.47 Å². The third kappa shape index (κ3) is 4.33. The van der Waals surface area contributed by atoms with E-state index in [-0.39, 0.29) is 5.60 Å². The van der Waals surface area contributed by atoms with Crippen molar-refractivity contribution in [3.05, 3.63) is 83.4 Å². The zero-order chi connectivity index (χ0) is 21.1. The average molecular weight is 402 g/mol. The Morgan fingerprint density at radius 2 is 1.73 bits per heavy atom. The van der Waals surface area contributed by atoms with Gasteiger partial charge in [-0.25, -0.2) is 4.79 Å². The molecule has 0 spiro atoms. The SMILES string of the molecule is CCOc1ccc(CC2(C)CCc3cc(-c4ccc(C(=O)O)cc4)ccc3O2)cc1. The molecule has 1 unspecified atom stereocenters. The van der Waals surface area contributed by atoms with Crippen molar-refractivity contribution >= 4 is 5.97 Å². The second kappa shape index (κ2) is 8.23. The van der Waals surface area contributed by atoms with Gasteiger partial charge >= 0.3 is 5.97 Å². The van der Waals surface area contributed by atoms with E-state index in [0.29, 0.717) is 12.2 Å². The second-order valence-electron chi connectivity index (χ2n) is 8.01. The summed E-state index contributed by atoms with van der Waals surface area (Å²) in [4.78, 5) is 11.1. The van der Waals surface area contributed by atoms with Gasteiger partial charge in [0.25, 0.3) is 0 Å². The molecular weight excluding hydrogens is 376 g/mol. The lowest BCUT2D eigenvalue weighted by Gasteiger charge is -2.36. The second-order valence-corrected chi connectivity index (χ2v) is 8.01. The summed E-state index contributed by atoms with van der Waals surface area (Å²) in [6.07, 6.45) is 2.73. The molecule has 0 aliphatic carbocycles. The van der Waals surface area contributed by atoms with Gasteiger partial charge in [-0.1, -0.05) is 30.3 Å². The highest BCUT2D eigenvalue weighted by molar-refractivity contribution is 5.88. The van der Waals surface area contributed by atoms with Gasteiger partial charge in [-0.3, -0.25) is 0 Å². The summed E-state index contributed by atoms with van der Waals surface area (Å²) in [5.41, 5.74) is 4.56. The van der Waals surface area contributed by atoms with Gasteiger partial charge in [0.05, 0.1) is 12.2 Å². The molecule has 0 amide bonds. The van der Waals surface area contributed by atoms with E-state index >= 15 is 0 Å². The number of fused-ring (bicyclic) bond motifs is 1. The summed E-state index contributed by atoms with van der Waals surface area (Å²) in [6, 6.07) is 21.5. The van der Waals surface area contributed by atoms with Crippen molar-refractivity contribution in [2.75, 3.05) is 6.61 Å². The number of carboxylic acids is 1. The Labute approximate surface area is 177 Å². The molecule has 4 nitrogen and oxygen atoms in total. The molecule has 30 heavy (non-hydrogen) atoms. The van der Waals surface area contributed by atoms with Crippen molar-refractivity contribution in [1.29, 1.82) is 0 Å². The van der Waals surface area contributed by atoms with Gasteiger partial charge in [0, 0.05) is 6.42 Å². The Morgan fingerprint density at radius 1 is 1.03 bits per heavy atom. The van der Waals surface area contributed by atoms with Crippen LogP contribution in [0.2, 0.25) is 0 Å². The van der Waals surface area contributed by atoms with Crippen LogP contribution in [-0.2, 0) is 12.8 Å². The Bertz CT molecular complexity index is 1040. The van der Waals surface area contributed by atoms with E-state index in [0.717, 1.165) is 41.9 Å². The van der Waals surface area contributed by atoms with Crippen LogP contribution in [-0.4, -0.2) is 23.3 Å². The van der Waals surface area contributed by atoms with Crippen LogP contribution in [0.3, 0.4) is 0 Å². The quantitative estimate of drug-likeness (QED) is 0.568. The largest absolute Gasteiger partial charge is 0.494 e. The molecule has 0 radical (unpaired) electrons. The zero-order valence-electron chi connectivity index (χ0n) is 17.4. The summed E-state index contributed by atoms with van der Waals surface area (Å²) in [6.45, 7) is 4.83. The number of aromatic carboxylic acids is 1. The first-order chi connectivity index (χ1) is 14.5. The van der Waals surface area contributed by atoms with Crippen molar-refractivity contribution in [3.63, 3.8) is 0 Å². The standard InChI is InChI=1S/C26H26O4/c1-3-29-23-11-4-18(5-12-23)17-26(2)15-14-22-16-21(10-13-24(22)30-26)19-6-8-20(9-7-19)25(27)28/h4-13,16H,3,14-15,17H2,1-2H3,(H,27,28). The molecule has 1 atom stereocenters. The first-order valence-electron chi connectivity index (χ1n) is 10.3. The molecule has 1 heterocycles. The Balaban J connectivity index is 1.49. The number of aryl methyl sites for hydroxylation is 1. The molecular formula is C26H26O4. The molecule has 0 fully saturated rings. The predicted octanol–water partition coefficient (Wildman–Crippen LogP) is 5.78. The summed E-state index contributed by atoms with van der Waals surface area (Å²) >= 11 is 0. The van der Waals surface area contributed by atoms with Crippen molar-refractivity contribution in [2.24, 2.45) is 0 Å². The normalized spacial score (nSPS) is 17.7. The molecule has 0 bridgehead atoms. The molecule has 0 aromatic heterocycles. The molecule has 154 valence electrons. The van der Waals surface area contributed by atoms with Crippen LogP contribution in [0.15, 0.2) is 66.7 Å². The van der Waals surface area contributed by atoms with Gasteiger partial charge in [-0.05, 0) is 85.3 Å². The number of benzene rings is 3. The van der Waals surface area contributed by atoms with E-state index in [1.165, 1.54) is 11.1 Å².